The fourth-order valence-corrected chi connectivity index (χ4v) is 1.05. The summed E-state index contributed by atoms with van der Waals surface area (Å²) in [4.78, 5) is 11.5. The summed E-state index contributed by atoms with van der Waals surface area (Å²) >= 11 is 0. The Labute approximate surface area is 93.8 Å². The van der Waals surface area contributed by atoms with Crippen LogP contribution in [0.3, 0.4) is 0 Å². The molecule has 86 valence electrons. The van der Waals surface area contributed by atoms with Crippen LogP contribution >= 0.6 is 0 Å². The van der Waals surface area contributed by atoms with Gasteiger partial charge in [-0.1, -0.05) is 27.7 Å². The molecule has 0 aromatic heterocycles. The number of carbonyl (C=O) groups is 1. The minimum atomic E-state index is 0.135. The third kappa shape index (κ3) is 7.02. The van der Waals surface area contributed by atoms with E-state index in [0.29, 0.717) is 18.9 Å². The summed E-state index contributed by atoms with van der Waals surface area (Å²) in [5.41, 5.74) is 0.195. The average molecular weight is 209 g/mol. The summed E-state index contributed by atoms with van der Waals surface area (Å²) in [7, 11) is 0. The van der Waals surface area contributed by atoms with Gasteiger partial charge in [-0.2, -0.15) is 0 Å². The van der Waals surface area contributed by atoms with Crippen LogP contribution in [0.5, 0.6) is 0 Å². The van der Waals surface area contributed by atoms with Crippen molar-refractivity contribution in [3.05, 3.63) is 0 Å². The van der Waals surface area contributed by atoms with E-state index in [-0.39, 0.29) is 11.3 Å². The smallest absolute Gasteiger partial charge is 0.220 e. The van der Waals surface area contributed by atoms with Crippen molar-refractivity contribution in [3.8, 4) is 11.8 Å². The summed E-state index contributed by atoms with van der Waals surface area (Å²) in [6.45, 7) is 11.1. The first-order valence-corrected chi connectivity index (χ1v) is 5.54. The molecule has 0 saturated heterocycles. The Bertz CT molecular complexity index is 252. The van der Waals surface area contributed by atoms with Crippen molar-refractivity contribution in [3.63, 3.8) is 0 Å². The lowest BCUT2D eigenvalue weighted by Gasteiger charge is -2.26. The van der Waals surface area contributed by atoms with E-state index >= 15 is 0 Å². The molecule has 0 fully saturated rings. The van der Waals surface area contributed by atoms with E-state index in [1.807, 2.05) is 6.92 Å². The number of carbonyl (C=O) groups excluding carboxylic acids is 1. The number of hydrogen-bond acceptors (Lipinski definition) is 1. The summed E-state index contributed by atoms with van der Waals surface area (Å²) < 4.78 is 0. The lowest BCUT2D eigenvalue weighted by Crippen LogP contribution is -2.29. The van der Waals surface area contributed by atoms with Crippen molar-refractivity contribution in [1.29, 1.82) is 0 Å². The highest BCUT2D eigenvalue weighted by Crippen LogP contribution is 2.27. The third-order valence-electron chi connectivity index (χ3n) is 2.72. The number of nitrogens with one attached hydrogen (secondary N) is 1. The Morgan fingerprint density at radius 2 is 2.00 bits per heavy atom. The predicted molar refractivity (Wildman–Crippen MR) is 64.3 cm³/mol. The lowest BCUT2D eigenvalue weighted by atomic mass is 9.80. The molecule has 0 aromatic carbocycles. The number of amides is 1. The van der Waals surface area contributed by atoms with Gasteiger partial charge in [-0.3, -0.25) is 4.79 Å². The van der Waals surface area contributed by atoms with Crippen LogP contribution < -0.4 is 5.32 Å². The zero-order valence-electron chi connectivity index (χ0n) is 10.6. The van der Waals surface area contributed by atoms with Crippen molar-refractivity contribution in [2.45, 2.75) is 47.5 Å². The molecule has 0 spiro atoms. The highest BCUT2D eigenvalue weighted by Gasteiger charge is 2.22. The standard InChI is InChI=1S/C13H23NO/c1-6-7-8-9-14-12(15)10-11(2)13(3,4)5/h11H,8-10H2,1-5H3,(H,14,15). The van der Waals surface area contributed by atoms with E-state index in [9.17, 15) is 4.79 Å². The van der Waals surface area contributed by atoms with Gasteiger partial charge in [0.2, 0.25) is 5.91 Å². The molecule has 0 saturated carbocycles. The monoisotopic (exact) mass is 209 g/mol. The second-order valence-electron chi connectivity index (χ2n) is 5.00. The van der Waals surface area contributed by atoms with Gasteiger partial charge in [-0.15, -0.1) is 11.8 Å². The molecule has 2 heteroatoms. The van der Waals surface area contributed by atoms with Gasteiger partial charge in [0.05, 0.1) is 0 Å². The van der Waals surface area contributed by atoms with Crippen molar-refractivity contribution in [2.75, 3.05) is 6.54 Å². The Morgan fingerprint density at radius 1 is 1.40 bits per heavy atom. The maximum Gasteiger partial charge on any atom is 0.220 e. The van der Waals surface area contributed by atoms with Gasteiger partial charge in [0.1, 0.15) is 0 Å². The summed E-state index contributed by atoms with van der Waals surface area (Å²) in [6, 6.07) is 0. The van der Waals surface area contributed by atoms with E-state index in [1.165, 1.54) is 0 Å². The van der Waals surface area contributed by atoms with Crippen LogP contribution in [0.1, 0.15) is 47.5 Å². The highest BCUT2D eigenvalue weighted by molar-refractivity contribution is 5.76. The van der Waals surface area contributed by atoms with E-state index < -0.39 is 0 Å². The van der Waals surface area contributed by atoms with Crippen LogP contribution in [0.25, 0.3) is 0 Å². The van der Waals surface area contributed by atoms with Crippen LogP contribution in [0.4, 0.5) is 0 Å². The van der Waals surface area contributed by atoms with Gasteiger partial charge in [0, 0.05) is 19.4 Å². The van der Waals surface area contributed by atoms with E-state index in [4.69, 9.17) is 0 Å². The first-order valence-electron chi connectivity index (χ1n) is 5.54. The lowest BCUT2D eigenvalue weighted by molar-refractivity contribution is -0.122. The molecule has 1 amide bonds. The summed E-state index contributed by atoms with van der Waals surface area (Å²) in [5.74, 6) is 6.26. The quantitative estimate of drug-likeness (QED) is 0.559. The van der Waals surface area contributed by atoms with Crippen LogP contribution in [0.2, 0.25) is 0 Å². The Morgan fingerprint density at radius 3 is 2.47 bits per heavy atom. The molecule has 2 nitrogen and oxygen atoms in total. The Balaban J connectivity index is 3.78. The zero-order valence-corrected chi connectivity index (χ0v) is 10.6. The third-order valence-corrected chi connectivity index (χ3v) is 2.72. The molecule has 0 bridgehead atoms. The van der Waals surface area contributed by atoms with Gasteiger partial charge in [0.15, 0.2) is 0 Å². The normalized spacial score (nSPS) is 12.6. The molecule has 1 atom stereocenters. The van der Waals surface area contributed by atoms with Gasteiger partial charge >= 0.3 is 0 Å². The van der Waals surface area contributed by atoms with Crippen LogP contribution in [-0.4, -0.2) is 12.5 Å². The number of hydrogen-bond donors (Lipinski definition) is 1. The van der Waals surface area contributed by atoms with Crippen LogP contribution in [-0.2, 0) is 4.79 Å². The fraction of sp³-hybridized carbons (Fsp3) is 0.769. The first kappa shape index (κ1) is 14.0. The second-order valence-corrected chi connectivity index (χ2v) is 5.00. The molecule has 15 heavy (non-hydrogen) atoms. The minimum absolute atomic E-state index is 0.135. The molecule has 0 aliphatic rings. The van der Waals surface area contributed by atoms with Gasteiger partial charge in [-0.05, 0) is 18.3 Å². The topological polar surface area (TPSA) is 29.1 Å². The molecule has 1 N–H and O–H groups in total. The molecule has 0 radical (unpaired) electrons. The molecule has 0 aliphatic heterocycles. The fourth-order valence-electron chi connectivity index (χ4n) is 1.05. The maximum absolute atomic E-state index is 11.5. The minimum Gasteiger partial charge on any atom is -0.355 e. The van der Waals surface area contributed by atoms with Gasteiger partial charge < -0.3 is 5.32 Å². The molecule has 0 rings (SSSR count). The van der Waals surface area contributed by atoms with E-state index in [0.717, 1.165) is 6.42 Å². The molecule has 1 unspecified atom stereocenters. The van der Waals surface area contributed by atoms with Crippen molar-refractivity contribution in [2.24, 2.45) is 11.3 Å². The van der Waals surface area contributed by atoms with E-state index in [1.54, 1.807) is 0 Å². The van der Waals surface area contributed by atoms with Gasteiger partial charge in [0.25, 0.3) is 0 Å². The SMILES string of the molecule is CC#CCCNC(=O)CC(C)C(C)(C)C. The van der Waals surface area contributed by atoms with Crippen molar-refractivity contribution in [1.82, 2.24) is 5.32 Å². The molecule has 0 aromatic rings. The largest absolute Gasteiger partial charge is 0.355 e. The first-order chi connectivity index (χ1) is 6.88. The van der Waals surface area contributed by atoms with Crippen molar-refractivity contribution >= 4 is 5.91 Å². The highest BCUT2D eigenvalue weighted by atomic mass is 16.1. The second kappa shape index (κ2) is 6.50. The van der Waals surface area contributed by atoms with Crippen molar-refractivity contribution < 1.29 is 4.79 Å². The molecule has 0 aliphatic carbocycles. The molecule has 0 heterocycles. The Kier molecular flexibility index (Phi) is 6.08. The Hall–Kier alpha value is -0.970. The van der Waals surface area contributed by atoms with Gasteiger partial charge in [-0.25, -0.2) is 0 Å². The average Bonchev–Trinajstić information content (AvgIpc) is 2.11. The molecular weight excluding hydrogens is 186 g/mol. The zero-order chi connectivity index (χ0) is 11.9. The maximum atomic E-state index is 11.5. The van der Waals surface area contributed by atoms with E-state index in [2.05, 4.69) is 44.9 Å². The number of rotatable bonds is 4. The van der Waals surface area contributed by atoms with Crippen LogP contribution in [0.15, 0.2) is 0 Å². The predicted octanol–water partition coefficient (Wildman–Crippen LogP) is 2.59. The summed E-state index contributed by atoms with van der Waals surface area (Å²) in [5, 5.41) is 2.88. The van der Waals surface area contributed by atoms with Crippen LogP contribution in [0, 0.1) is 23.2 Å². The summed E-state index contributed by atoms with van der Waals surface area (Å²) in [6.07, 6.45) is 1.34. The molecular formula is C13H23NO.